The van der Waals surface area contributed by atoms with E-state index in [0.29, 0.717) is 6.04 Å². The minimum atomic E-state index is 0.680. The Balaban J connectivity index is 1.79. The summed E-state index contributed by atoms with van der Waals surface area (Å²) in [6.07, 6.45) is 4.96. The Morgan fingerprint density at radius 2 is 2.25 bits per heavy atom. The molecule has 0 radical (unpaired) electrons. The third-order valence-electron chi connectivity index (χ3n) is 4.18. The highest BCUT2D eigenvalue weighted by Gasteiger charge is 2.29. The van der Waals surface area contributed by atoms with Gasteiger partial charge in [-0.05, 0) is 32.7 Å². The first-order valence-electron chi connectivity index (χ1n) is 7.93. The molecule has 0 aromatic carbocycles. The van der Waals surface area contributed by atoms with Crippen molar-refractivity contribution >= 4 is 5.96 Å². The SMILES string of the molecule is CCOCCCN=C(NN)N1CCN2CCCCC2C1. The van der Waals surface area contributed by atoms with Crippen molar-refractivity contribution in [3.05, 3.63) is 0 Å². The lowest BCUT2D eigenvalue weighted by Crippen LogP contribution is -2.59. The molecule has 1 unspecified atom stereocenters. The molecule has 2 heterocycles. The number of piperidine rings is 1. The molecule has 0 aliphatic carbocycles. The van der Waals surface area contributed by atoms with E-state index in [1.165, 1.54) is 25.8 Å². The molecule has 0 saturated carbocycles. The second kappa shape index (κ2) is 8.44. The summed E-state index contributed by atoms with van der Waals surface area (Å²) in [5, 5.41) is 0. The molecular formula is C14H29N5O. The third-order valence-corrected chi connectivity index (χ3v) is 4.18. The van der Waals surface area contributed by atoms with Crippen LogP contribution in [-0.4, -0.2) is 67.7 Å². The van der Waals surface area contributed by atoms with Gasteiger partial charge < -0.3 is 9.64 Å². The van der Waals surface area contributed by atoms with Gasteiger partial charge in [0.1, 0.15) is 0 Å². The van der Waals surface area contributed by atoms with Crippen LogP contribution in [0.4, 0.5) is 0 Å². The van der Waals surface area contributed by atoms with Gasteiger partial charge in [-0.1, -0.05) is 6.42 Å². The minimum absolute atomic E-state index is 0.680. The summed E-state index contributed by atoms with van der Waals surface area (Å²) in [4.78, 5) is 9.50. The van der Waals surface area contributed by atoms with E-state index in [2.05, 4.69) is 20.2 Å². The summed E-state index contributed by atoms with van der Waals surface area (Å²) in [7, 11) is 0. The van der Waals surface area contributed by atoms with Crippen molar-refractivity contribution < 1.29 is 4.74 Å². The standard InChI is InChI=1S/C14H29N5O/c1-2-20-11-5-7-16-14(17-15)19-10-9-18-8-4-3-6-13(18)12-19/h13H,2-12,15H2,1H3,(H,16,17). The first-order valence-corrected chi connectivity index (χ1v) is 7.93. The van der Waals surface area contributed by atoms with Crippen molar-refractivity contribution in [1.82, 2.24) is 15.2 Å². The fraction of sp³-hybridized carbons (Fsp3) is 0.929. The number of aliphatic imine (C=N–C) groups is 1. The molecule has 6 heteroatoms. The predicted molar refractivity (Wildman–Crippen MR) is 81.5 cm³/mol. The van der Waals surface area contributed by atoms with E-state index in [-0.39, 0.29) is 0 Å². The number of guanidine groups is 1. The van der Waals surface area contributed by atoms with Gasteiger partial charge in [0.15, 0.2) is 0 Å². The van der Waals surface area contributed by atoms with Crippen LogP contribution in [0.2, 0.25) is 0 Å². The van der Waals surface area contributed by atoms with Crippen molar-refractivity contribution in [2.24, 2.45) is 10.8 Å². The molecule has 1 atom stereocenters. The lowest BCUT2D eigenvalue weighted by molar-refractivity contribution is 0.0785. The van der Waals surface area contributed by atoms with Gasteiger partial charge in [-0.3, -0.25) is 15.3 Å². The van der Waals surface area contributed by atoms with Crippen LogP contribution in [0.3, 0.4) is 0 Å². The average Bonchev–Trinajstić information content (AvgIpc) is 2.50. The minimum Gasteiger partial charge on any atom is -0.382 e. The second-order valence-corrected chi connectivity index (χ2v) is 5.53. The van der Waals surface area contributed by atoms with E-state index in [1.807, 2.05) is 6.92 Å². The zero-order chi connectivity index (χ0) is 14.2. The predicted octanol–water partition coefficient (Wildman–Crippen LogP) is 0.402. The number of nitrogens with one attached hydrogen (secondary N) is 1. The van der Waals surface area contributed by atoms with Crippen molar-refractivity contribution in [2.45, 2.75) is 38.6 Å². The summed E-state index contributed by atoms with van der Waals surface area (Å²) >= 11 is 0. The van der Waals surface area contributed by atoms with Gasteiger partial charge in [-0.25, -0.2) is 5.84 Å². The molecule has 2 aliphatic heterocycles. The highest BCUT2D eigenvalue weighted by Crippen LogP contribution is 2.20. The van der Waals surface area contributed by atoms with Gasteiger partial charge in [0.2, 0.25) is 5.96 Å². The number of hydrazine groups is 1. The number of nitrogens with two attached hydrogens (primary N) is 1. The number of rotatable bonds is 5. The topological polar surface area (TPSA) is 66.1 Å². The van der Waals surface area contributed by atoms with Crippen LogP contribution < -0.4 is 11.3 Å². The molecule has 116 valence electrons. The summed E-state index contributed by atoms with van der Waals surface area (Å²) in [6.45, 7) is 8.78. The van der Waals surface area contributed by atoms with Gasteiger partial charge in [0.25, 0.3) is 0 Å². The smallest absolute Gasteiger partial charge is 0.208 e. The van der Waals surface area contributed by atoms with E-state index in [9.17, 15) is 0 Å². The molecule has 2 saturated heterocycles. The van der Waals surface area contributed by atoms with Crippen LogP contribution in [0.15, 0.2) is 4.99 Å². The molecule has 20 heavy (non-hydrogen) atoms. The van der Waals surface area contributed by atoms with E-state index in [1.54, 1.807) is 0 Å². The number of hydrogen-bond acceptors (Lipinski definition) is 4. The fourth-order valence-electron chi connectivity index (χ4n) is 3.08. The largest absolute Gasteiger partial charge is 0.382 e. The van der Waals surface area contributed by atoms with Crippen LogP contribution in [0, 0.1) is 0 Å². The lowest BCUT2D eigenvalue weighted by Gasteiger charge is -2.44. The molecule has 0 amide bonds. The molecule has 0 aromatic rings. The molecule has 3 N–H and O–H groups in total. The number of ether oxygens (including phenoxy) is 1. The summed E-state index contributed by atoms with van der Waals surface area (Å²) < 4.78 is 5.32. The van der Waals surface area contributed by atoms with Gasteiger partial charge in [0, 0.05) is 45.4 Å². The first-order chi connectivity index (χ1) is 9.85. The van der Waals surface area contributed by atoms with Gasteiger partial charge in [0.05, 0.1) is 0 Å². The maximum absolute atomic E-state index is 5.65. The molecule has 0 spiro atoms. The number of fused-ring (bicyclic) bond motifs is 1. The van der Waals surface area contributed by atoms with E-state index in [0.717, 1.165) is 51.8 Å². The van der Waals surface area contributed by atoms with Crippen LogP contribution in [-0.2, 0) is 4.74 Å². The van der Waals surface area contributed by atoms with E-state index in [4.69, 9.17) is 10.6 Å². The molecule has 2 fully saturated rings. The van der Waals surface area contributed by atoms with Crippen LogP contribution >= 0.6 is 0 Å². The molecule has 6 nitrogen and oxygen atoms in total. The Kier molecular flexibility index (Phi) is 6.56. The maximum atomic E-state index is 5.65. The highest BCUT2D eigenvalue weighted by molar-refractivity contribution is 5.79. The number of nitrogens with zero attached hydrogens (tertiary/aromatic N) is 3. The quantitative estimate of drug-likeness (QED) is 0.251. The van der Waals surface area contributed by atoms with Crippen molar-refractivity contribution in [1.29, 1.82) is 0 Å². The normalized spacial score (nSPS) is 24.6. The van der Waals surface area contributed by atoms with Gasteiger partial charge in [-0.2, -0.15) is 0 Å². The monoisotopic (exact) mass is 283 g/mol. The molecule has 2 aliphatic rings. The summed E-state index contributed by atoms with van der Waals surface area (Å²) in [5.41, 5.74) is 2.77. The Morgan fingerprint density at radius 3 is 3.05 bits per heavy atom. The van der Waals surface area contributed by atoms with Crippen LogP contribution in [0.1, 0.15) is 32.6 Å². The van der Waals surface area contributed by atoms with Crippen molar-refractivity contribution in [2.75, 3.05) is 45.9 Å². The Hall–Kier alpha value is -0.850. The van der Waals surface area contributed by atoms with Crippen molar-refractivity contribution in [3.63, 3.8) is 0 Å². The molecule has 2 rings (SSSR count). The van der Waals surface area contributed by atoms with Crippen LogP contribution in [0.5, 0.6) is 0 Å². The molecule has 0 aromatic heterocycles. The Morgan fingerprint density at radius 1 is 1.35 bits per heavy atom. The van der Waals surface area contributed by atoms with Crippen LogP contribution in [0.25, 0.3) is 0 Å². The fourth-order valence-corrected chi connectivity index (χ4v) is 3.08. The first kappa shape index (κ1) is 15.5. The van der Waals surface area contributed by atoms with Crippen molar-refractivity contribution in [3.8, 4) is 0 Å². The average molecular weight is 283 g/mol. The van der Waals surface area contributed by atoms with E-state index < -0.39 is 0 Å². The van der Waals surface area contributed by atoms with E-state index >= 15 is 0 Å². The number of piperazine rings is 1. The maximum Gasteiger partial charge on any atom is 0.208 e. The lowest BCUT2D eigenvalue weighted by atomic mass is 10.00. The summed E-state index contributed by atoms with van der Waals surface area (Å²) in [6, 6.07) is 0.680. The molecule has 0 bridgehead atoms. The summed E-state index contributed by atoms with van der Waals surface area (Å²) in [5.74, 6) is 6.48. The Labute approximate surface area is 122 Å². The van der Waals surface area contributed by atoms with Gasteiger partial charge in [-0.15, -0.1) is 0 Å². The second-order valence-electron chi connectivity index (χ2n) is 5.53. The Bertz CT molecular complexity index is 310. The van der Waals surface area contributed by atoms with Gasteiger partial charge >= 0.3 is 0 Å². The highest BCUT2D eigenvalue weighted by atomic mass is 16.5. The zero-order valence-electron chi connectivity index (χ0n) is 12.7. The number of hydrogen-bond donors (Lipinski definition) is 2. The third kappa shape index (κ3) is 4.33. The zero-order valence-corrected chi connectivity index (χ0v) is 12.7. The molecular weight excluding hydrogens is 254 g/mol.